The van der Waals surface area contributed by atoms with Crippen LogP contribution in [0.2, 0.25) is 0 Å². The third kappa shape index (κ3) is 6.96. The lowest BCUT2D eigenvalue weighted by atomic mass is 9.78. The number of ether oxygens (including phenoxy) is 2. The molecule has 0 radical (unpaired) electrons. The summed E-state index contributed by atoms with van der Waals surface area (Å²) in [5.41, 5.74) is 18.8. The molecule has 6 rings (SSSR count). The molecule has 0 aromatic heterocycles. The number of carbonyl (C=O) groups is 1. The summed E-state index contributed by atoms with van der Waals surface area (Å²) in [6.45, 7) is 8.76. The Bertz CT molecular complexity index is 1840. The van der Waals surface area contributed by atoms with E-state index >= 15 is 0 Å². The molecule has 0 fully saturated rings. The first-order chi connectivity index (χ1) is 23.0. The highest BCUT2D eigenvalue weighted by Gasteiger charge is 2.24. The predicted octanol–water partition coefficient (Wildman–Crippen LogP) is 10.3. The maximum absolute atomic E-state index is 13.2. The molecule has 0 atom stereocenters. The van der Waals surface area contributed by atoms with Crippen LogP contribution in [-0.4, -0.2) is 5.78 Å². The number of rotatable bonds is 10. The summed E-state index contributed by atoms with van der Waals surface area (Å²) < 4.78 is 12.2. The second-order valence-electron chi connectivity index (χ2n) is 13.1. The van der Waals surface area contributed by atoms with Crippen LogP contribution in [0.15, 0.2) is 146 Å². The van der Waals surface area contributed by atoms with Gasteiger partial charge in [-0.1, -0.05) is 76.2 Å². The third-order valence-electron chi connectivity index (χ3n) is 9.12. The topological polar surface area (TPSA) is 87.6 Å². The van der Waals surface area contributed by atoms with Crippen molar-refractivity contribution in [2.75, 3.05) is 11.5 Å². The summed E-state index contributed by atoms with van der Waals surface area (Å²) in [4.78, 5) is 13.2. The van der Waals surface area contributed by atoms with Crippen LogP contribution in [0.4, 0.5) is 11.4 Å². The summed E-state index contributed by atoms with van der Waals surface area (Å²) in [5.74, 6) is 2.69. The van der Waals surface area contributed by atoms with Crippen molar-refractivity contribution in [3.8, 4) is 23.0 Å². The SMILES string of the molecule is CC(C)(c1ccc(N)cc1)c1ccc(Oc2ccc(C(=O)c3ccc(Oc4ccc(C(C)(C)c5ccc(N)cc5)cc4)cc3)cc2)cc1. The van der Waals surface area contributed by atoms with Gasteiger partial charge in [0.2, 0.25) is 0 Å². The molecule has 0 aliphatic rings. The molecule has 240 valence electrons. The number of hydrogen-bond donors (Lipinski definition) is 2. The fraction of sp³-hybridized carbons (Fsp3) is 0.140. The minimum Gasteiger partial charge on any atom is -0.457 e. The van der Waals surface area contributed by atoms with Crippen molar-refractivity contribution in [2.24, 2.45) is 0 Å². The molecule has 4 N–H and O–H groups in total. The van der Waals surface area contributed by atoms with E-state index in [1.54, 1.807) is 24.3 Å². The van der Waals surface area contributed by atoms with E-state index in [2.05, 4.69) is 76.2 Å². The Hall–Kier alpha value is -5.81. The van der Waals surface area contributed by atoms with Crippen LogP contribution in [0.3, 0.4) is 0 Å². The van der Waals surface area contributed by atoms with E-state index in [9.17, 15) is 4.79 Å². The third-order valence-corrected chi connectivity index (χ3v) is 9.12. The van der Waals surface area contributed by atoms with Crippen molar-refractivity contribution in [3.05, 3.63) is 179 Å². The molecule has 48 heavy (non-hydrogen) atoms. The van der Waals surface area contributed by atoms with Crippen LogP contribution in [0.1, 0.15) is 65.9 Å². The zero-order chi connectivity index (χ0) is 33.9. The van der Waals surface area contributed by atoms with E-state index in [0.29, 0.717) is 22.6 Å². The summed E-state index contributed by atoms with van der Waals surface area (Å²) in [6, 6.07) is 46.6. The van der Waals surface area contributed by atoms with Gasteiger partial charge in [-0.25, -0.2) is 0 Å². The van der Waals surface area contributed by atoms with Gasteiger partial charge >= 0.3 is 0 Å². The Balaban J connectivity index is 1.06. The van der Waals surface area contributed by atoms with Crippen molar-refractivity contribution in [1.82, 2.24) is 0 Å². The molecular formula is C43H40N2O3. The van der Waals surface area contributed by atoms with Crippen molar-refractivity contribution in [2.45, 2.75) is 38.5 Å². The first-order valence-electron chi connectivity index (χ1n) is 16.0. The Kier molecular flexibility index (Phi) is 8.79. The fourth-order valence-corrected chi connectivity index (χ4v) is 5.80. The predicted molar refractivity (Wildman–Crippen MR) is 195 cm³/mol. The smallest absolute Gasteiger partial charge is 0.193 e. The van der Waals surface area contributed by atoms with E-state index in [4.69, 9.17) is 20.9 Å². The average Bonchev–Trinajstić information content (AvgIpc) is 3.09. The van der Waals surface area contributed by atoms with Crippen LogP contribution in [-0.2, 0) is 10.8 Å². The molecule has 0 bridgehead atoms. The minimum atomic E-state index is -0.180. The number of ketones is 1. The van der Waals surface area contributed by atoms with Gasteiger partial charge in [-0.2, -0.15) is 0 Å². The molecule has 0 amide bonds. The maximum atomic E-state index is 13.2. The van der Waals surface area contributed by atoms with E-state index < -0.39 is 0 Å². The van der Waals surface area contributed by atoms with Crippen molar-refractivity contribution in [3.63, 3.8) is 0 Å². The molecule has 6 aromatic carbocycles. The Morgan fingerprint density at radius 2 is 0.625 bits per heavy atom. The Labute approximate surface area is 282 Å². The quantitative estimate of drug-likeness (QED) is 0.116. The Morgan fingerprint density at radius 3 is 0.896 bits per heavy atom. The summed E-state index contributed by atoms with van der Waals surface area (Å²) >= 11 is 0. The molecule has 0 unspecified atom stereocenters. The van der Waals surface area contributed by atoms with Crippen LogP contribution in [0, 0.1) is 0 Å². The largest absolute Gasteiger partial charge is 0.457 e. The van der Waals surface area contributed by atoms with Gasteiger partial charge in [-0.05, 0) is 119 Å². The molecule has 0 aliphatic carbocycles. The van der Waals surface area contributed by atoms with Crippen molar-refractivity contribution >= 4 is 17.2 Å². The van der Waals surface area contributed by atoms with Crippen LogP contribution >= 0.6 is 0 Å². The number of benzene rings is 6. The second kappa shape index (κ2) is 13.1. The van der Waals surface area contributed by atoms with Gasteiger partial charge in [0.25, 0.3) is 0 Å². The first kappa shape index (κ1) is 32.1. The van der Waals surface area contributed by atoms with Gasteiger partial charge in [-0.15, -0.1) is 0 Å². The zero-order valence-electron chi connectivity index (χ0n) is 27.7. The van der Waals surface area contributed by atoms with Gasteiger partial charge < -0.3 is 20.9 Å². The standard InChI is InChI=1S/C43H40N2O3/c1-42(2,31-9-17-35(44)18-10-31)33-13-25-39(26-14-33)47-37-21-5-29(6-22-37)41(46)30-7-23-38(24-8-30)48-40-27-15-34(16-28-40)43(3,4)32-11-19-36(45)20-12-32/h5-28H,44-45H2,1-4H3. The second-order valence-corrected chi connectivity index (χ2v) is 13.1. The summed E-state index contributed by atoms with van der Waals surface area (Å²) in [5, 5.41) is 0. The van der Waals surface area contributed by atoms with Crippen LogP contribution < -0.4 is 20.9 Å². The van der Waals surface area contributed by atoms with Crippen LogP contribution in [0.25, 0.3) is 0 Å². The number of nitrogen functional groups attached to an aromatic ring is 2. The Morgan fingerprint density at radius 1 is 0.396 bits per heavy atom. The van der Waals surface area contributed by atoms with Gasteiger partial charge in [0.05, 0.1) is 0 Å². The lowest BCUT2D eigenvalue weighted by molar-refractivity contribution is 0.103. The highest BCUT2D eigenvalue weighted by Crippen LogP contribution is 2.35. The summed E-state index contributed by atoms with van der Waals surface area (Å²) in [6.07, 6.45) is 0. The van der Waals surface area contributed by atoms with Crippen molar-refractivity contribution in [1.29, 1.82) is 0 Å². The molecule has 5 heteroatoms. The van der Waals surface area contributed by atoms with E-state index in [-0.39, 0.29) is 16.6 Å². The fourth-order valence-electron chi connectivity index (χ4n) is 5.80. The molecule has 0 heterocycles. The van der Waals surface area contributed by atoms with Gasteiger partial charge in [0, 0.05) is 33.3 Å². The molecule has 0 saturated carbocycles. The normalized spacial score (nSPS) is 11.6. The lowest BCUT2D eigenvalue weighted by Gasteiger charge is -2.26. The highest BCUT2D eigenvalue weighted by molar-refractivity contribution is 6.09. The maximum Gasteiger partial charge on any atom is 0.193 e. The molecular weight excluding hydrogens is 592 g/mol. The van der Waals surface area contributed by atoms with Gasteiger partial charge in [-0.3, -0.25) is 4.79 Å². The zero-order valence-corrected chi connectivity index (χ0v) is 27.7. The van der Waals surface area contributed by atoms with Gasteiger partial charge in [0.15, 0.2) is 5.78 Å². The number of hydrogen-bond acceptors (Lipinski definition) is 5. The highest BCUT2D eigenvalue weighted by atomic mass is 16.5. The molecule has 0 aliphatic heterocycles. The summed E-state index contributed by atoms with van der Waals surface area (Å²) in [7, 11) is 0. The van der Waals surface area contributed by atoms with Crippen LogP contribution in [0.5, 0.6) is 23.0 Å². The molecule has 0 spiro atoms. The number of carbonyl (C=O) groups excluding carboxylic acids is 1. The molecule has 0 saturated heterocycles. The molecule has 5 nitrogen and oxygen atoms in total. The van der Waals surface area contributed by atoms with E-state index in [1.807, 2.05) is 72.8 Å². The lowest BCUT2D eigenvalue weighted by Crippen LogP contribution is -2.18. The number of anilines is 2. The minimum absolute atomic E-state index is 0.0726. The first-order valence-corrected chi connectivity index (χ1v) is 16.0. The van der Waals surface area contributed by atoms with E-state index in [1.165, 1.54) is 22.3 Å². The monoisotopic (exact) mass is 632 g/mol. The van der Waals surface area contributed by atoms with Gasteiger partial charge in [0.1, 0.15) is 23.0 Å². The average molecular weight is 633 g/mol. The van der Waals surface area contributed by atoms with E-state index in [0.717, 1.165) is 22.9 Å². The van der Waals surface area contributed by atoms with Crippen molar-refractivity contribution < 1.29 is 14.3 Å². The number of nitrogens with two attached hydrogens (primary N) is 2. The molecule has 6 aromatic rings.